The highest BCUT2D eigenvalue weighted by atomic mass is 14.9. The zero-order valence-electron chi connectivity index (χ0n) is 6.47. The van der Waals surface area contributed by atoms with E-state index in [9.17, 15) is 0 Å². The average molecular weight is 111 g/mol. The first-order valence-electron chi connectivity index (χ1n) is 3.18. The molecule has 8 heavy (non-hydrogen) atoms. The van der Waals surface area contributed by atoms with Gasteiger partial charge in [-0.25, -0.2) is 9.97 Å². The first-order chi connectivity index (χ1) is 4.61. The van der Waals surface area contributed by atoms with E-state index in [2.05, 4.69) is 9.97 Å². The van der Waals surface area contributed by atoms with E-state index < -0.39 is 0 Å². The van der Waals surface area contributed by atoms with E-state index in [-0.39, 0.29) is 18.0 Å². The molecule has 0 atom stereocenters. The third kappa shape index (κ3) is 0.932. The molecule has 0 amide bonds. The molecule has 0 radical (unpaired) electrons. The Morgan fingerprint density at radius 1 is 1.62 bits per heavy atom. The van der Waals surface area contributed by atoms with E-state index in [1.54, 1.807) is 6.92 Å². The lowest BCUT2D eigenvalue weighted by atomic mass is 10.5. The summed E-state index contributed by atoms with van der Waals surface area (Å²) in [6, 6.07) is 0. The van der Waals surface area contributed by atoms with Crippen molar-refractivity contribution in [3.05, 3.63) is 18.2 Å². The third-order valence-electron chi connectivity index (χ3n) is 0.676. The van der Waals surface area contributed by atoms with Crippen LogP contribution in [0.3, 0.4) is 0 Å². The molecule has 0 bridgehead atoms. The molecule has 3 nitrogen and oxygen atoms in total. The topological polar surface area (TPSA) is 51.8 Å². The van der Waals surface area contributed by atoms with E-state index in [1.165, 1.54) is 0 Å². The van der Waals surface area contributed by atoms with Gasteiger partial charge >= 0.3 is 0 Å². The van der Waals surface area contributed by atoms with E-state index in [0.717, 1.165) is 0 Å². The largest absolute Gasteiger partial charge is 0.396 e. The van der Waals surface area contributed by atoms with Gasteiger partial charge in [0.25, 0.3) is 0 Å². The fourth-order valence-corrected chi connectivity index (χ4v) is 0.332. The van der Waals surface area contributed by atoms with Gasteiger partial charge in [-0.05, 0) is 6.92 Å². The number of aromatic nitrogens is 2. The quantitative estimate of drug-likeness (QED) is 0.526. The molecule has 0 aliphatic heterocycles. The van der Waals surface area contributed by atoms with Gasteiger partial charge in [0.2, 0.25) is 0 Å². The highest BCUT2D eigenvalue weighted by molar-refractivity contribution is 5.29. The fraction of sp³-hybridized carbons (Fsp3) is 0.200. The summed E-state index contributed by atoms with van der Waals surface area (Å²) in [7, 11) is 0. The van der Waals surface area contributed by atoms with Crippen LogP contribution in [0.4, 0.5) is 5.69 Å². The van der Waals surface area contributed by atoms with Gasteiger partial charge in [-0.15, -0.1) is 0 Å². The Hall–Kier alpha value is -1.12. The lowest BCUT2D eigenvalue weighted by Crippen LogP contribution is -1.90. The molecular weight excluding hydrogens is 102 g/mol. The number of nitrogens with zero attached hydrogens (tertiary/aromatic N) is 2. The second-order valence-corrected chi connectivity index (χ2v) is 1.41. The van der Waals surface area contributed by atoms with Crippen molar-refractivity contribution in [1.82, 2.24) is 9.97 Å². The summed E-state index contributed by atoms with van der Waals surface area (Å²) in [5.74, 6) is 0.407. The Balaban J connectivity index is 3.31. The molecule has 1 heterocycles. The van der Waals surface area contributed by atoms with E-state index in [0.29, 0.717) is 5.82 Å². The summed E-state index contributed by atoms with van der Waals surface area (Å²) < 4.78 is 14.2. The van der Waals surface area contributed by atoms with Crippen LogP contribution in [0.2, 0.25) is 0 Å². The summed E-state index contributed by atoms with van der Waals surface area (Å²) in [4.78, 5) is 7.29. The fourth-order valence-electron chi connectivity index (χ4n) is 0.332. The minimum Gasteiger partial charge on any atom is -0.396 e. The second-order valence-electron chi connectivity index (χ2n) is 1.41. The number of hydrogen-bond donors (Lipinski definition) is 1. The first kappa shape index (κ1) is 3.02. The van der Waals surface area contributed by atoms with Gasteiger partial charge < -0.3 is 5.73 Å². The normalized spacial score (nSPS) is 12.6. The van der Waals surface area contributed by atoms with Crippen LogP contribution in [0, 0.1) is 6.92 Å². The van der Waals surface area contributed by atoms with Crippen LogP contribution in [0.15, 0.2) is 12.3 Å². The molecule has 3 heteroatoms. The number of nitrogens with two attached hydrogens (primary N) is 1. The first-order valence-corrected chi connectivity index (χ1v) is 2.18. The third-order valence-corrected chi connectivity index (χ3v) is 0.676. The van der Waals surface area contributed by atoms with Crippen molar-refractivity contribution in [3.63, 3.8) is 0 Å². The van der Waals surface area contributed by atoms with Crippen LogP contribution in [0.25, 0.3) is 0 Å². The molecule has 0 aromatic carbocycles. The van der Waals surface area contributed by atoms with Crippen molar-refractivity contribution in [1.29, 1.82) is 0 Å². The Kier molecular flexibility index (Phi) is 0.670. The zero-order valence-corrected chi connectivity index (χ0v) is 4.47. The van der Waals surface area contributed by atoms with Crippen LogP contribution in [-0.4, -0.2) is 9.97 Å². The molecule has 0 saturated carbocycles. The van der Waals surface area contributed by atoms with Crippen molar-refractivity contribution in [3.8, 4) is 0 Å². The Bertz CT molecular complexity index is 238. The highest BCUT2D eigenvalue weighted by Gasteiger charge is 1.82. The van der Waals surface area contributed by atoms with Crippen LogP contribution in [0.5, 0.6) is 0 Å². The molecule has 0 aliphatic rings. The number of aryl methyl sites for hydroxylation is 1. The summed E-state index contributed by atoms with van der Waals surface area (Å²) in [5.41, 5.74) is 5.28. The summed E-state index contributed by atoms with van der Waals surface area (Å²) in [6.07, 6.45) is -0.144. The summed E-state index contributed by atoms with van der Waals surface area (Å²) in [6.45, 7) is 1.62. The van der Waals surface area contributed by atoms with Gasteiger partial charge in [0, 0.05) is 0 Å². The van der Waals surface area contributed by atoms with Crippen LogP contribution < -0.4 is 5.73 Å². The van der Waals surface area contributed by atoms with Crippen molar-refractivity contribution in [2.75, 3.05) is 5.73 Å². The monoisotopic (exact) mass is 111 g/mol. The maximum atomic E-state index is 7.11. The van der Waals surface area contributed by atoms with Crippen molar-refractivity contribution >= 4 is 5.69 Å². The predicted octanol–water partition coefficient (Wildman–Crippen LogP) is 0.367. The molecule has 2 N–H and O–H groups in total. The molecule has 1 aromatic rings. The zero-order chi connectivity index (χ0) is 7.72. The van der Waals surface area contributed by atoms with Gasteiger partial charge in [0.05, 0.1) is 20.8 Å². The van der Waals surface area contributed by atoms with E-state index in [1.807, 2.05) is 0 Å². The standard InChI is InChI=1S/C5H7N3/c1-4-7-2-5(6)3-8-4/h2-3H,6H2,1H3/i2D,3D. The van der Waals surface area contributed by atoms with Gasteiger partial charge in [-0.3, -0.25) is 0 Å². The molecule has 42 valence electrons. The minimum atomic E-state index is -0.0718. The Morgan fingerprint density at radius 3 is 2.62 bits per heavy atom. The van der Waals surface area contributed by atoms with Gasteiger partial charge in [0.15, 0.2) is 0 Å². The van der Waals surface area contributed by atoms with Crippen LogP contribution in [0.1, 0.15) is 8.57 Å². The summed E-state index contributed by atoms with van der Waals surface area (Å²) in [5, 5.41) is 0. The molecular formula is C5H7N3. The number of nitrogen functional groups attached to an aromatic ring is 1. The highest BCUT2D eigenvalue weighted by Crippen LogP contribution is 1.92. The maximum absolute atomic E-state index is 7.11. The SMILES string of the molecule is [2H]c1nc(C)nc([2H])c1N. The van der Waals surface area contributed by atoms with Crippen molar-refractivity contribution in [2.45, 2.75) is 6.92 Å². The average Bonchev–Trinajstić information content (AvgIpc) is 1.82. The number of rotatable bonds is 0. The van der Waals surface area contributed by atoms with Gasteiger partial charge in [-0.2, -0.15) is 0 Å². The van der Waals surface area contributed by atoms with Gasteiger partial charge in [0.1, 0.15) is 5.82 Å². The minimum absolute atomic E-state index is 0.0330. The van der Waals surface area contributed by atoms with Crippen molar-refractivity contribution in [2.24, 2.45) is 0 Å². The molecule has 0 aliphatic carbocycles. The lowest BCUT2D eigenvalue weighted by molar-refractivity contribution is 1.06. The van der Waals surface area contributed by atoms with Crippen LogP contribution in [-0.2, 0) is 0 Å². The smallest absolute Gasteiger partial charge is 0.125 e. The molecule has 0 saturated heterocycles. The van der Waals surface area contributed by atoms with Crippen LogP contribution >= 0.6 is 0 Å². The molecule has 0 fully saturated rings. The maximum Gasteiger partial charge on any atom is 0.125 e. The molecule has 0 unspecified atom stereocenters. The molecule has 1 rings (SSSR count). The lowest BCUT2D eigenvalue weighted by Gasteiger charge is -1.88. The number of hydrogen-bond acceptors (Lipinski definition) is 3. The number of anilines is 1. The Labute approximate surface area is 50.4 Å². The van der Waals surface area contributed by atoms with E-state index in [4.69, 9.17) is 8.48 Å². The molecule has 1 aromatic heterocycles. The van der Waals surface area contributed by atoms with Crippen molar-refractivity contribution < 1.29 is 2.74 Å². The second kappa shape index (κ2) is 1.78. The Morgan fingerprint density at radius 2 is 2.12 bits per heavy atom. The predicted molar refractivity (Wildman–Crippen MR) is 31.2 cm³/mol. The molecule has 0 spiro atoms. The van der Waals surface area contributed by atoms with E-state index >= 15 is 0 Å². The summed E-state index contributed by atoms with van der Waals surface area (Å²) >= 11 is 0. The van der Waals surface area contributed by atoms with Gasteiger partial charge in [-0.1, -0.05) is 0 Å².